The smallest absolute Gasteiger partial charge is 0.259 e. The van der Waals surface area contributed by atoms with Crippen molar-refractivity contribution in [2.45, 2.75) is 18.9 Å². The Balaban J connectivity index is 1.32. The Morgan fingerprint density at radius 2 is 2.00 bits per heavy atom. The van der Waals surface area contributed by atoms with Crippen molar-refractivity contribution in [3.05, 3.63) is 59.5 Å². The number of para-hydroxylation sites is 1. The molecule has 0 bridgehead atoms. The highest BCUT2D eigenvalue weighted by atomic mass is 32.1. The first-order valence-electron chi connectivity index (χ1n) is 8.98. The summed E-state index contributed by atoms with van der Waals surface area (Å²) < 4.78 is 13.8. The fourth-order valence-corrected chi connectivity index (χ4v) is 3.60. The number of nitrogens with one attached hydrogen (secondary N) is 2. The van der Waals surface area contributed by atoms with Gasteiger partial charge < -0.3 is 10.2 Å². The molecule has 2 aromatic heterocycles. The molecule has 1 saturated heterocycles. The lowest BCUT2D eigenvalue weighted by Crippen LogP contribution is -2.39. The van der Waals surface area contributed by atoms with Crippen molar-refractivity contribution in [2.75, 3.05) is 28.6 Å². The molecule has 0 atom stereocenters. The third-order valence-corrected chi connectivity index (χ3v) is 5.25. The normalized spacial score (nSPS) is 14.7. The molecule has 3 aromatic rings. The zero-order chi connectivity index (χ0) is 19.3. The Morgan fingerprint density at radius 3 is 2.68 bits per heavy atom. The van der Waals surface area contributed by atoms with Gasteiger partial charge in [-0.3, -0.25) is 10.1 Å². The molecule has 1 amide bonds. The Bertz CT molecular complexity index is 926. The van der Waals surface area contributed by atoms with Crippen molar-refractivity contribution in [2.24, 2.45) is 0 Å². The van der Waals surface area contributed by atoms with E-state index in [0.717, 1.165) is 31.7 Å². The highest BCUT2D eigenvalue weighted by Crippen LogP contribution is 2.22. The fourth-order valence-electron chi connectivity index (χ4n) is 3.16. The zero-order valence-electron chi connectivity index (χ0n) is 15.0. The summed E-state index contributed by atoms with van der Waals surface area (Å²) in [5, 5.41) is 13.9. The van der Waals surface area contributed by atoms with Gasteiger partial charge >= 0.3 is 0 Å². The summed E-state index contributed by atoms with van der Waals surface area (Å²) in [6.07, 6.45) is 3.33. The summed E-state index contributed by atoms with van der Waals surface area (Å²) in [6, 6.07) is 10.6. The second-order valence-electron chi connectivity index (χ2n) is 6.49. The maximum absolute atomic E-state index is 13.8. The number of carbonyl (C=O) groups is 1. The number of piperidine rings is 1. The Labute approximate surface area is 165 Å². The van der Waals surface area contributed by atoms with E-state index in [1.54, 1.807) is 29.9 Å². The van der Waals surface area contributed by atoms with Crippen LogP contribution in [0, 0.1) is 5.82 Å². The van der Waals surface area contributed by atoms with Crippen LogP contribution in [0.3, 0.4) is 0 Å². The van der Waals surface area contributed by atoms with Gasteiger partial charge in [-0.15, -0.1) is 10.2 Å². The quantitative estimate of drug-likeness (QED) is 0.685. The number of carbonyl (C=O) groups excluding carboxylic acids is 1. The highest BCUT2D eigenvalue weighted by Gasteiger charge is 2.21. The summed E-state index contributed by atoms with van der Waals surface area (Å²) in [5.74, 6) is 0.342. The molecule has 4 rings (SSSR count). The van der Waals surface area contributed by atoms with Gasteiger partial charge in [0.15, 0.2) is 0 Å². The molecule has 2 N–H and O–H groups in total. The zero-order valence-corrected chi connectivity index (χ0v) is 15.8. The molecule has 0 unspecified atom stereocenters. The van der Waals surface area contributed by atoms with Crippen LogP contribution in [0.5, 0.6) is 0 Å². The average molecular weight is 398 g/mol. The molecule has 9 heteroatoms. The number of benzene rings is 1. The minimum atomic E-state index is -0.261. The van der Waals surface area contributed by atoms with E-state index in [1.165, 1.54) is 17.4 Å². The van der Waals surface area contributed by atoms with Gasteiger partial charge in [0.1, 0.15) is 17.1 Å². The van der Waals surface area contributed by atoms with E-state index in [4.69, 9.17) is 0 Å². The monoisotopic (exact) mass is 398 g/mol. The molecule has 0 spiro atoms. The molecule has 1 aliphatic rings. The Kier molecular flexibility index (Phi) is 5.43. The van der Waals surface area contributed by atoms with Crippen LogP contribution in [0.15, 0.2) is 48.1 Å². The third kappa shape index (κ3) is 4.25. The molecule has 1 aliphatic heterocycles. The Hall–Kier alpha value is -3.07. The average Bonchev–Trinajstić information content (AvgIpc) is 3.23. The van der Waals surface area contributed by atoms with Gasteiger partial charge in [-0.25, -0.2) is 9.37 Å². The van der Waals surface area contributed by atoms with Crippen LogP contribution in [0.2, 0.25) is 0 Å². The predicted octanol–water partition coefficient (Wildman–Crippen LogP) is 3.41. The van der Waals surface area contributed by atoms with Gasteiger partial charge in [0.25, 0.3) is 5.91 Å². The lowest BCUT2D eigenvalue weighted by molar-refractivity contribution is 0.102. The maximum Gasteiger partial charge on any atom is 0.259 e. The molecule has 1 fully saturated rings. The SMILES string of the molecule is O=C(Nc1nncs1)c1ccc(N2CCC(Nc3ccccc3F)CC2)nc1. The van der Waals surface area contributed by atoms with E-state index in [0.29, 0.717) is 16.4 Å². The summed E-state index contributed by atoms with van der Waals surface area (Å²) in [4.78, 5) is 18.8. The number of pyridine rings is 1. The lowest BCUT2D eigenvalue weighted by Gasteiger charge is -2.33. The summed E-state index contributed by atoms with van der Waals surface area (Å²) in [6.45, 7) is 1.63. The van der Waals surface area contributed by atoms with Gasteiger partial charge in [-0.1, -0.05) is 23.5 Å². The topological polar surface area (TPSA) is 83.0 Å². The molecular formula is C19H19FN6OS. The number of aromatic nitrogens is 3. The summed E-state index contributed by atoms with van der Waals surface area (Å²) in [7, 11) is 0. The highest BCUT2D eigenvalue weighted by molar-refractivity contribution is 7.13. The minimum Gasteiger partial charge on any atom is -0.380 e. The van der Waals surface area contributed by atoms with E-state index < -0.39 is 0 Å². The van der Waals surface area contributed by atoms with Crippen molar-refractivity contribution >= 4 is 33.9 Å². The second kappa shape index (κ2) is 8.30. The van der Waals surface area contributed by atoms with Gasteiger partial charge in [0.2, 0.25) is 5.13 Å². The molecule has 7 nitrogen and oxygen atoms in total. The van der Waals surface area contributed by atoms with E-state index in [9.17, 15) is 9.18 Å². The standard InChI is InChI=1S/C19H19FN6OS/c20-15-3-1-2-4-16(15)23-14-7-9-26(10-8-14)17-6-5-13(11-21-17)18(27)24-19-25-22-12-28-19/h1-6,11-12,14,23H,7-10H2,(H,24,25,27). The van der Waals surface area contributed by atoms with Crippen LogP contribution in [-0.2, 0) is 0 Å². The molecule has 3 heterocycles. The molecule has 28 heavy (non-hydrogen) atoms. The van der Waals surface area contributed by atoms with E-state index in [1.807, 2.05) is 12.1 Å². The summed E-state index contributed by atoms with van der Waals surface area (Å²) in [5.41, 5.74) is 2.57. The van der Waals surface area contributed by atoms with Crippen molar-refractivity contribution in [1.82, 2.24) is 15.2 Å². The Morgan fingerprint density at radius 1 is 1.18 bits per heavy atom. The fraction of sp³-hybridized carbons (Fsp3) is 0.263. The first kappa shape index (κ1) is 18.3. The third-order valence-electron chi connectivity index (χ3n) is 4.64. The number of amides is 1. The molecule has 0 saturated carbocycles. The summed E-state index contributed by atoms with van der Waals surface area (Å²) >= 11 is 1.26. The van der Waals surface area contributed by atoms with Crippen LogP contribution in [-0.4, -0.2) is 40.2 Å². The maximum atomic E-state index is 13.8. The van der Waals surface area contributed by atoms with Crippen LogP contribution < -0.4 is 15.5 Å². The van der Waals surface area contributed by atoms with Crippen molar-refractivity contribution < 1.29 is 9.18 Å². The van der Waals surface area contributed by atoms with Crippen molar-refractivity contribution in [3.63, 3.8) is 0 Å². The van der Waals surface area contributed by atoms with Crippen LogP contribution in [0.25, 0.3) is 0 Å². The number of nitrogens with zero attached hydrogens (tertiary/aromatic N) is 4. The number of hydrogen-bond acceptors (Lipinski definition) is 7. The number of rotatable bonds is 5. The number of anilines is 3. The van der Waals surface area contributed by atoms with Crippen LogP contribution in [0.1, 0.15) is 23.2 Å². The van der Waals surface area contributed by atoms with Crippen LogP contribution >= 0.6 is 11.3 Å². The van der Waals surface area contributed by atoms with E-state index >= 15 is 0 Å². The molecule has 1 aromatic carbocycles. The predicted molar refractivity (Wildman–Crippen MR) is 107 cm³/mol. The van der Waals surface area contributed by atoms with Crippen molar-refractivity contribution in [1.29, 1.82) is 0 Å². The van der Waals surface area contributed by atoms with Gasteiger partial charge in [-0.05, 0) is 37.1 Å². The lowest BCUT2D eigenvalue weighted by atomic mass is 10.0. The molecule has 0 aliphatic carbocycles. The van der Waals surface area contributed by atoms with Crippen LogP contribution in [0.4, 0.5) is 21.0 Å². The van der Waals surface area contributed by atoms with Crippen molar-refractivity contribution in [3.8, 4) is 0 Å². The largest absolute Gasteiger partial charge is 0.380 e. The first-order chi connectivity index (χ1) is 13.7. The van der Waals surface area contributed by atoms with E-state index in [-0.39, 0.29) is 17.8 Å². The first-order valence-corrected chi connectivity index (χ1v) is 9.86. The van der Waals surface area contributed by atoms with Gasteiger partial charge in [0, 0.05) is 25.3 Å². The minimum absolute atomic E-state index is 0.227. The molecule has 144 valence electrons. The second-order valence-corrected chi connectivity index (χ2v) is 7.32. The molecular weight excluding hydrogens is 379 g/mol. The van der Waals surface area contributed by atoms with Gasteiger partial charge in [-0.2, -0.15) is 0 Å². The van der Waals surface area contributed by atoms with E-state index in [2.05, 4.69) is 30.7 Å². The molecule has 0 radical (unpaired) electrons. The number of halogens is 1. The van der Waals surface area contributed by atoms with Gasteiger partial charge in [0.05, 0.1) is 11.3 Å². The number of hydrogen-bond donors (Lipinski definition) is 2.